The highest BCUT2D eigenvalue weighted by molar-refractivity contribution is 7.47. The number of ether oxygens (including phenoxy) is 4. The van der Waals surface area contributed by atoms with Crippen LogP contribution in [-0.2, 0) is 65.4 Å². The monoisotopic (exact) mass is 1580 g/mol. The molecule has 19 heteroatoms. The van der Waals surface area contributed by atoms with E-state index >= 15 is 0 Å². The van der Waals surface area contributed by atoms with Crippen LogP contribution in [0.15, 0.2) is 0 Å². The Balaban J connectivity index is 5.25. The largest absolute Gasteiger partial charge is 0.472 e. The number of unbranched alkanes of at least 4 members (excludes halogenated alkanes) is 61. The quantitative estimate of drug-likeness (QED) is 0.0222. The highest BCUT2D eigenvalue weighted by Crippen LogP contribution is 2.45. The van der Waals surface area contributed by atoms with Crippen LogP contribution in [0, 0.1) is 5.92 Å². The van der Waals surface area contributed by atoms with Crippen LogP contribution in [-0.4, -0.2) is 96.7 Å². The molecule has 0 heterocycles. The van der Waals surface area contributed by atoms with E-state index in [1.54, 1.807) is 0 Å². The van der Waals surface area contributed by atoms with Crippen molar-refractivity contribution in [3.63, 3.8) is 0 Å². The molecule has 0 aliphatic heterocycles. The number of rotatable bonds is 89. The molecule has 0 aliphatic rings. The van der Waals surface area contributed by atoms with Crippen LogP contribution < -0.4 is 0 Å². The number of hydrogen-bond acceptors (Lipinski definition) is 15. The average Bonchev–Trinajstić information content (AvgIpc) is 0.904. The van der Waals surface area contributed by atoms with E-state index in [9.17, 15) is 43.2 Å². The maximum absolute atomic E-state index is 13.2. The van der Waals surface area contributed by atoms with Gasteiger partial charge in [0, 0.05) is 25.7 Å². The molecule has 0 rings (SSSR count). The molecule has 0 spiro atoms. The molecule has 2 unspecified atom stereocenters. The van der Waals surface area contributed by atoms with Gasteiger partial charge >= 0.3 is 39.5 Å². The van der Waals surface area contributed by atoms with Crippen molar-refractivity contribution in [2.45, 2.75) is 502 Å². The lowest BCUT2D eigenvalue weighted by Gasteiger charge is -2.21. The highest BCUT2D eigenvalue weighted by atomic mass is 31.2. The minimum absolute atomic E-state index is 0.108. The minimum atomic E-state index is -4.97. The van der Waals surface area contributed by atoms with Crippen molar-refractivity contribution in [3.8, 4) is 0 Å². The third kappa shape index (κ3) is 82.1. The van der Waals surface area contributed by atoms with Crippen molar-refractivity contribution in [1.82, 2.24) is 0 Å². The van der Waals surface area contributed by atoms with Gasteiger partial charge in [0.1, 0.15) is 19.3 Å². The van der Waals surface area contributed by atoms with Crippen molar-refractivity contribution in [2.24, 2.45) is 5.92 Å². The molecule has 3 N–H and O–H groups in total. The Morgan fingerprint density at radius 1 is 0.250 bits per heavy atom. The summed E-state index contributed by atoms with van der Waals surface area (Å²) in [5.74, 6) is -1.30. The number of phosphoric ester groups is 2. The molecule has 0 saturated carbocycles. The number of aliphatic hydroxyl groups is 1. The summed E-state index contributed by atoms with van der Waals surface area (Å²) in [7, 11) is -9.93. The molecule has 0 fully saturated rings. The number of esters is 4. The summed E-state index contributed by atoms with van der Waals surface area (Å²) in [6.45, 7) is 7.41. The molecule has 0 aromatic heterocycles. The van der Waals surface area contributed by atoms with Crippen LogP contribution in [0.25, 0.3) is 0 Å². The fraction of sp³-hybridized carbons (Fsp3) is 0.955. The lowest BCUT2D eigenvalue weighted by atomic mass is 10.0. The van der Waals surface area contributed by atoms with E-state index in [1.165, 1.54) is 308 Å². The van der Waals surface area contributed by atoms with Crippen LogP contribution in [0.2, 0.25) is 0 Å². The Morgan fingerprint density at radius 2 is 0.426 bits per heavy atom. The molecule has 0 aliphatic carbocycles. The zero-order valence-electron chi connectivity index (χ0n) is 71.0. The summed E-state index contributed by atoms with van der Waals surface area (Å²) < 4.78 is 69.0. The van der Waals surface area contributed by atoms with E-state index in [2.05, 4.69) is 34.6 Å². The van der Waals surface area contributed by atoms with E-state index in [4.69, 9.17) is 37.0 Å². The fourth-order valence-electron chi connectivity index (χ4n) is 14.0. The van der Waals surface area contributed by atoms with Crippen LogP contribution in [0.1, 0.15) is 484 Å². The molecular formula is C89H174O17P2. The van der Waals surface area contributed by atoms with Crippen molar-refractivity contribution in [2.75, 3.05) is 39.6 Å². The van der Waals surface area contributed by atoms with Crippen molar-refractivity contribution < 1.29 is 80.2 Å². The first-order chi connectivity index (χ1) is 52.5. The van der Waals surface area contributed by atoms with Crippen molar-refractivity contribution in [3.05, 3.63) is 0 Å². The standard InChI is InChI=1S/C89H174O17P2/c1-6-9-12-15-18-21-24-27-29-31-33-35-37-39-44-49-54-59-64-69-74-88(93)106-85(79-100-87(92)73-68-63-58-53-48-43-38-36-34-32-30-28-25-22-19-16-13-10-7-2)81-104-108(97,98)102-77-83(90)76-101-107(95,96)103-80-84(78-99-86(91)72-67-62-57-52-47-26-23-20-17-14-11-8-3)105-89(94)75-70-65-60-55-50-45-41-40-42-46-51-56-61-66-71-82(4)5/h82-85,90H,6-81H2,1-5H3,(H,95,96)(H,97,98)/t83-,84+,85+/m0/s1. The smallest absolute Gasteiger partial charge is 0.462 e. The summed E-state index contributed by atoms with van der Waals surface area (Å²) in [5.41, 5.74) is 0. The Hall–Kier alpha value is -1.94. The summed E-state index contributed by atoms with van der Waals surface area (Å²) in [6, 6.07) is 0. The molecule has 0 bridgehead atoms. The van der Waals surface area contributed by atoms with Crippen molar-refractivity contribution in [1.29, 1.82) is 0 Å². The predicted molar refractivity (Wildman–Crippen MR) is 446 cm³/mol. The van der Waals surface area contributed by atoms with Crippen molar-refractivity contribution >= 4 is 39.5 Å². The first-order valence-corrected chi connectivity index (χ1v) is 49.1. The lowest BCUT2D eigenvalue weighted by molar-refractivity contribution is -0.161. The first-order valence-electron chi connectivity index (χ1n) is 46.1. The Bertz CT molecular complexity index is 2050. The second-order valence-corrected chi connectivity index (χ2v) is 35.4. The Labute approximate surface area is 664 Å². The summed E-state index contributed by atoms with van der Waals surface area (Å²) in [6.07, 6.45) is 76.4. The highest BCUT2D eigenvalue weighted by Gasteiger charge is 2.30. The van der Waals surface area contributed by atoms with E-state index in [0.717, 1.165) is 95.8 Å². The summed E-state index contributed by atoms with van der Waals surface area (Å²) in [4.78, 5) is 73.4. The van der Waals surface area contributed by atoms with E-state index < -0.39 is 97.5 Å². The van der Waals surface area contributed by atoms with Gasteiger partial charge < -0.3 is 33.8 Å². The van der Waals surface area contributed by atoms with Gasteiger partial charge in [-0.15, -0.1) is 0 Å². The first kappa shape index (κ1) is 106. The van der Waals surface area contributed by atoms with Gasteiger partial charge in [0.05, 0.1) is 26.4 Å². The third-order valence-corrected chi connectivity index (χ3v) is 22.9. The summed E-state index contributed by atoms with van der Waals surface area (Å²) in [5, 5.41) is 10.7. The molecule has 642 valence electrons. The Kier molecular flexibility index (Phi) is 80.2. The lowest BCUT2D eigenvalue weighted by Crippen LogP contribution is -2.30. The fourth-order valence-corrected chi connectivity index (χ4v) is 15.6. The molecule has 5 atom stereocenters. The van der Waals surface area contributed by atoms with Gasteiger partial charge in [-0.2, -0.15) is 0 Å². The number of carbonyl (C=O) groups is 4. The number of phosphoric acid groups is 2. The molecule has 17 nitrogen and oxygen atoms in total. The van der Waals surface area contributed by atoms with Gasteiger partial charge in [0.15, 0.2) is 12.2 Å². The molecular weight excluding hydrogens is 1400 g/mol. The predicted octanol–water partition coefficient (Wildman–Crippen LogP) is 27.5. The van der Waals surface area contributed by atoms with Crippen LogP contribution >= 0.6 is 15.6 Å². The number of hydrogen-bond donors (Lipinski definition) is 3. The van der Waals surface area contributed by atoms with Crippen LogP contribution in [0.4, 0.5) is 0 Å². The van der Waals surface area contributed by atoms with E-state index in [-0.39, 0.29) is 25.7 Å². The van der Waals surface area contributed by atoms with Crippen LogP contribution in [0.5, 0.6) is 0 Å². The second-order valence-electron chi connectivity index (χ2n) is 32.5. The SMILES string of the molecule is CCCCCCCCCCCCCCCCCCCCCCC(=O)O[C@H](COC(=O)CCCCCCCCCCCCCCCCCCCCC)COP(=O)(O)OC[C@@H](O)COP(=O)(O)OC[C@@H](COC(=O)CCCCCCCCCCCCCC)OC(=O)CCCCCCCCCCCCCCCCC(C)C. The molecule has 0 amide bonds. The molecule has 0 saturated heterocycles. The number of carbonyl (C=O) groups excluding carboxylic acids is 4. The molecule has 108 heavy (non-hydrogen) atoms. The molecule has 0 aromatic rings. The zero-order valence-corrected chi connectivity index (χ0v) is 72.8. The average molecular weight is 1580 g/mol. The van der Waals surface area contributed by atoms with Gasteiger partial charge in [-0.3, -0.25) is 37.3 Å². The minimum Gasteiger partial charge on any atom is -0.462 e. The third-order valence-electron chi connectivity index (χ3n) is 21.0. The van der Waals surface area contributed by atoms with Gasteiger partial charge in [-0.25, -0.2) is 9.13 Å². The van der Waals surface area contributed by atoms with Gasteiger partial charge in [-0.05, 0) is 31.6 Å². The topological polar surface area (TPSA) is 237 Å². The second kappa shape index (κ2) is 81.6. The molecule has 0 radical (unpaired) electrons. The van der Waals surface area contributed by atoms with Gasteiger partial charge in [0.25, 0.3) is 0 Å². The maximum atomic E-state index is 13.2. The maximum Gasteiger partial charge on any atom is 0.472 e. The van der Waals surface area contributed by atoms with E-state index in [0.29, 0.717) is 25.7 Å². The zero-order chi connectivity index (χ0) is 79.0. The number of aliphatic hydroxyl groups excluding tert-OH is 1. The van der Waals surface area contributed by atoms with E-state index in [1.807, 2.05) is 0 Å². The normalized spacial score (nSPS) is 13.7. The van der Waals surface area contributed by atoms with Crippen LogP contribution in [0.3, 0.4) is 0 Å². The van der Waals surface area contributed by atoms with Gasteiger partial charge in [-0.1, -0.05) is 433 Å². The van der Waals surface area contributed by atoms with Gasteiger partial charge in [0.2, 0.25) is 0 Å². The summed E-state index contributed by atoms with van der Waals surface area (Å²) >= 11 is 0. The molecule has 0 aromatic carbocycles. The Morgan fingerprint density at radius 3 is 0.630 bits per heavy atom.